The van der Waals surface area contributed by atoms with Crippen LogP contribution in [0.5, 0.6) is 5.75 Å². The molecular weight excluding hydrogens is 426 g/mol. The Hall–Kier alpha value is -4.29. The van der Waals surface area contributed by atoms with Crippen LogP contribution in [0, 0.1) is 0 Å². The normalized spacial score (nSPS) is 19.4. The van der Waals surface area contributed by atoms with Crippen LogP contribution in [0.1, 0.15) is 28.3 Å². The summed E-state index contributed by atoms with van der Waals surface area (Å²) in [7, 11) is 0. The van der Waals surface area contributed by atoms with Gasteiger partial charge in [0.05, 0.1) is 17.4 Å². The average molecular weight is 447 g/mol. The molecule has 0 aromatic heterocycles. The summed E-state index contributed by atoms with van der Waals surface area (Å²) in [6.07, 6.45) is 0. The molecule has 4 aromatic carbocycles. The zero-order valence-corrected chi connectivity index (χ0v) is 18.2. The lowest BCUT2D eigenvalue weighted by molar-refractivity contribution is -0.122. The Kier molecular flexibility index (Phi) is 4.01. The molecule has 0 bridgehead atoms. The van der Waals surface area contributed by atoms with Crippen LogP contribution in [-0.4, -0.2) is 12.5 Å². The summed E-state index contributed by atoms with van der Waals surface area (Å²) in [6.45, 7) is 0.239. The van der Waals surface area contributed by atoms with Crippen molar-refractivity contribution in [1.29, 1.82) is 0 Å². The van der Waals surface area contributed by atoms with Gasteiger partial charge in [0.15, 0.2) is 0 Å². The average Bonchev–Trinajstić information content (AvgIpc) is 3.58. The van der Waals surface area contributed by atoms with Crippen LogP contribution in [0.2, 0.25) is 0 Å². The third-order valence-corrected chi connectivity index (χ3v) is 7.05. The molecule has 0 saturated carbocycles. The summed E-state index contributed by atoms with van der Waals surface area (Å²) in [5, 5.41) is 0. The van der Waals surface area contributed by atoms with E-state index in [1.54, 1.807) is 0 Å². The summed E-state index contributed by atoms with van der Waals surface area (Å²) in [5.74, 6) is 0.687. The van der Waals surface area contributed by atoms with Crippen LogP contribution in [-0.2, 0) is 15.1 Å². The molecule has 0 saturated heterocycles. The number of benzene rings is 4. The highest BCUT2D eigenvalue weighted by Gasteiger charge is 2.60. The Labute approximate surface area is 196 Å². The van der Waals surface area contributed by atoms with E-state index in [0.29, 0.717) is 5.75 Å². The first-order valence-corrected chi connectivity index (χ1v) is 11.3. The van der Waals surface area contributed by atoms with Crippen molar-refractivity contribution >= 4 is 23.0 Å². The van der Waals surface area contributed by atoms with Gasteiger partial charge in [0, 0.05) is 11.3 Å². The van der Waals surface area contributed by atoms with Crippen molar-refractivity contribution in [2.24, 2.45) is 0 Å². The molecule has 166 valence electrons. The van der Waals surface area contributed by atoms with Gasteiger partial charge in [-0.05, 0) is 34.9 Å². The molecule has 2 N–H and O–H groups in total. The smallest absolute Gasteiger partial charge is 0.246 e. The van der Waals surface area contributed by atoms with Gasteiger partial charge in [-0.15, -0.1) is 0 Å². The van der Waals surface area contributed by atoms with Crippen LogP contribution in [0.4, 0.5) is 17.1 Å². The van der Waals surface area contributed by atoms with Gasteiger partial charge in [-0.2, -0.15) is 4.94 Å². The number of amides is 1. The van der Waals surface area contributed by atoms with Crippen molar-refractivity contribution in [3.8, 4) is 5.75 Å². The number of anilines is 3. The molecule has 7 rings (SSSR count). The Morgan fingerprint density at radius 2 is 1.47 bits per heavy atom. The molecular formula is C28H21N3O3. The van der Waals surface area contributed by atoms with Gasteiger partial charge in [-0.1, -0.05) is 78.9 Å². The largest absolute Gasteiger partial charge is 0.491 e. The number of rotatable bonds is 3. The number of carbonyl (C=O) groups excluding carboxylic acids is 1. The molecule has 0 aliphatic carbocycles. The maximum atomic E-state index is 14.7. The molecule has 1 amide bonds. The minimum absolute atomic E-state index is 0.00717. The highest BCUT2D eigenvalue weighted by Crippen LogP contribution is 2.58. The molecule has 3 aliphatic rings. The number of nitrogens with zero attached hydrogens (tertiary/aromatic N) is 1. The molecule has 4 aromatic rings. The molecule has 0 fully saturated rings. The predicted octanol–water partition coefficient (Wildman–Crippen LogP) is 5.19. The Balaban J connectivity index is 1.49. The van der Waals surface area contributed by atoms with E-state index in [-0.39, 0.29) is 18.6 Å². The fourth-order valence-corrected chi connectivity index (χ4v) is 5.58. The van der Waals surface area contributed by atoms with Crippen LogP contribution in [0.3, 0.4) is 0 Å². The maximum Gasteiger partial charge on any atom is 0.246 e. The fourth-order valence-electron chi connectivity index (χ4n) is 5.58. The van der Waals surface area contributed by atoms with Crippen molar-refractivity contribution in [2.75, 3.05) is 22.5 Å². The van der Waals surface area contributed by atoms with E-state index in [1.807, 2.05) is 77.7 Å². The van der Waals surface area contributed by atoms with Crippen molar-refractivity contribution < 1.29 is 14.5 Å². The van der Waals surface area contributed by atoms with E-state index in [9.17, 15) is 4.79 Å². The van der Waals surface area contributed by atoms with Gasteiger partial charge < -0.3 is 4.74 Å². The van der Waals surface area contributed by atoms with Gasteiger partial charge in [0.2, 0.25) is 5.91 Å². The van der Waals surface area contributed by atoms with Crippen molar-refractivity contribution in [3.05, 3.63) is 119 Å². The summed E-state index contributed by atoms with van der Waals surface area (Å²) in [5.41, 5.74) is 11.1. The molecule has 0 radical (unpaired) electrons. The molecule has 6 nitrogen and oxygen atoms in total. The summed E-state index contributed by atoms with van der Waals surface area (Å²) in [6, 6.07) is 31.9. The highest BCUT2D eigenvalue weighted by atomic mass is 16.8. The number of carbonyl (C=O) groups is 1. The van der Waals surface area contributed by atoms with E-state index < -0.39 is 5.41 Å². The molecule has 1 spiro atoms. The van der Waals surface area contributed by atoms with Gasteiger partial charge in [0.25, 0.3) is 0 Å². The zero-order chi connectivity index (χ0) is 22.7. The quantitative estimate of drug-likeness (QED) is 0.453. The van der Waals surface area contributed by atoms with Crippen LogP contribution >= 0.6 is 0 Å². The van der Waals surface area contributed by atoms with Crippen LogP contribution < -0.4 is 20.6 Å². The van der Waals surface area contributed by atoms with Gasteiger partial charge in [0.1, 0.15) is 17.8 Å². The second-order valence-electron chi connectivity index (χ2n) is 8.78. The highest BCUT2D eigenvalue weighted by molar-refractivity contribution is 6.13. The van der Waals surface area contributed by atoms with Crippen LogP contribution in [0.15, 0.2) is 97.1 Å². The SMILES string of the molecule is O=C1N(C(c2ccccc2)c2ccccc2)c2ccccc2C12COc1ccc3c(c12)NON3. The lowest BCUT2D eigenvalue weighted by Gasteiger charge is -2.31. The number of fused-ring (bicyclic) bond motifs is 6. The summed E-state index contributed by atoms with van der Waals surface area (Å²) < 4.78 is 6.16. The molecule has 3 heterocycles. The Morgan fingerprint density at radius 1 is 0.794 bits per heavy atom. The van der Waals surface area contributed by atoms with Crippen molar-refractivity contribution in [3.63, 3.8) is 0 Å². The molecule has 34 heavy (non-hydrogen) atoms. The Bertz CT molecular complexity index is 1380. The standard InChI is InChI=1S/C28H21N3O3/c32-27-28(17-33-23-16-15-21-25(24(23)28)30-34-29-21)20-13-7-8-14-22(20)31(27)26(18-9-3-1-4-10-18)19-11-5-2-6-12-19/h1-16,26,29-30H,17H2. The minimum atomic E-state index is -0.971. The summed E-state index contributed by atoms with van der Waals surface area (Å²) >= 11 is 0. The monoisotopic (exact) mass is 447 g/mol. The van der Waals surface area contributed by atoms with E-state index >= 15 is 0 Å². The number of hydrogen-bond acceptors (Lipinski definition) is 5. The number of para-hydroxylation sites is 1. The van der Waals surface area contributed by atoms with E-state index in [2.05, 4.69) is 35.2 Å². The number of nitrogens with one attached hydrogen (secondary N) is 2. The van der Waals surface area contributed by atoms with E-state index in [0.717, 1.165) is 39.3 Å². The first-order valence-electron chi connectivity index (χ1n) is 11.3. The van der Waals surface area contributed by atoms with Gasteiger partial charge >= 0.3 is 0 Å². The van der Waals surface area contributed by atoms with Gasteiger partial charge in [-0.25, -0.2) is 11.0 Å². The third kappa shape index (κ3) is 2.46. The lowest BCUT2D eigenvalue weighted by Crippen LogP contribution is -2.44. The predicted molar refractivity (Wildman–Crippen MR) is 130 cm³/mol. The lowest BCUT2D eigenvalue weighted by atomic mass is 9.76. The molecule has 1 unspecified atom stereocenters. The molecule has 3 aliphatic heterocycles. The summed E-state index contributed by atoms with van der Waals surface area (Å²) in [4.78, 5) is 21.9. The first-order chi connectivity index (χ1) is 16.8. The van der Waals surface area contributed by atoms with E-state index in [4.69, 9.17) is 9.68 Å². The zero-order valence-electron chi connectivity index (χ0n) is 18.2. The maximum absolute atomic E-state index is 14.7. The molecule has 1 atom stereocenters. The first kappa shape index (κ1) is 19.2. The second kappa shape index (κ2) is 7.10. The Morgan fingerprint density at radius 3 is 2.21 bits per heavy atom. The fraction of sp³-hybridized carbons (Fsp3) is 0.107. The number of hydrogen-bond donors (Lipinski definition) is 2. The number of ether oxygens (including phenoxy) is 1. The van der Waals surface area contributed by atoms with Gasteiger partial charge in [-0.3, -0.25) is 9.69 Å². The molecule has 6 heteroatoms. The van der Waals surface area contributed by atoms with Crippen molar-refractivity contribution in [2.45, 2.75) is 11.5 Å². The topological polar surface area (TPSA) is 62.8 Å². The second-order valence-corrected chi connectivity index (χ2v) is 8.78. The van der Waals surface area contributed by atoms with Crippen LogP contribution in [0.25, 0.3) is 0 Å². The third-order valence-electron chi connectivity index (χ3n) is 7.05. The van der Waals surface area contributed by atoms with Crippen molar-refractivity contribution in [1.82, 2.24) is 0 Å². The van der Waals surface area contributed by atoms with E-state index in [1.165, 1.54) is 0 Å². The minimum Gasteiger partial charge on any atom is -0.491 e.